The summed E-state index contributed by atoms with van der Waals surface area (Å²) in [7, 11) is 0. The molecule has 2 aromatic heterocycles. The summed E-state index contributed by atoms with van der Waals surface area (Å²) in [5.74, 6) is 0.962. The summed E-state index contributed by atoms with van der Waals surface area (Å²) in [6, 6.07) is 23.6. The Labute approximate surface area is 172 Å². The van der Waals surface area contributed by atoms with Crippen LogP contribution in [0.5, 0.6) is 0 Å². The average molecular weight is 406 g/mol. The number of aromatic nitrogens is 3. The molecule has 2 heterocycles. The zero-order valence-corrected chi connectivity index (χ0v) is 17.0. The maximum Gasteiger partial charge on any atom is 0.196 e. The van der Waals surface area contributed by atoms with Gasteiger partial charge in [-0.15, -0.1) is 21.5 Å². The molecule has 0 spiro atoms. The molecule has 0 saturated heterocycles. The van der Waals surface area contributed by atoms with Gasteiger partial charge in [-0.3, -0.25) is 9.36 Å². The van der Waals surface area contributed by atoms with Gasteiger partial charge in [-0.2, -0.15) is 0 Å². The van der Waals surface area contributed by atoms with Crippen LogP contribution in [0.4, 0.5) is 0 Å². The predicted octanol–water partition coefficient (Wildman–Crippen LogP) is 5.28. The van der Waals surface area contributed by atoms with Crippen LogP contribution >= 0.6 is 23.1 Å². The van der Waals surface area contributed by atoms with Crippen LogP contribution in [0.2, 0.25) is 0 Å². The minimum Gasteiger partial charge on any atom is -0.293 e. The van der Waals surface area contributed by atoms with E-state index in [9.17, 15) is 4.79 Å². The molecule has 4 rings (SSSR count). The second kappa shape index (κ2) is 8.54. The highest BCUT2D eigenvalue weighted by Crippen LogP contribution is 2.28. The highest BCUT2D eigenvalue weighted by Gasteiger charge is 2.22. The van der Waals surface area contributed by atoms with Gasteiger partial charge in [0, 0.05) is 22.5 Å². The molecule has 6 heteroatoms. The largest absolute Gasteiger partial charge is 0.293 e. The minimum atomic E-state index is -0.261. The summed E-state index contributed by atoms with van der Waals surface area (Å²) in [5.41, 5.74) is 1.72. The van der Waals surface area contributed by atoms with Crippen molar-refractivity contribution >= 4 is 28.9 Å². The fourth-order valence-corrected chi connectivity index (χ4v) is 4.61. The Kier molecular flexibility index (Phi) is 5.69. The molecular weight excluding hydrogens is 386 g/mol. The number of nitrogens with zero attached hydrogens (tertiary/aromatic N) is 3. The zero-order valence-electron chi connectivity index (χ0n) is 15.4. The molecule has 2 aromatic carbocycles. The standard InChI is InChI=1S/C22H19N3OS2/c1-16(21(26)17-9-4-2-5-10-17)28-22-24-23-20(15-19-13-8-14-27-19)25(22)18-11-6-3-7-12-18/h2-14,16H,15H2,1H3. The van der Waals surface area contributed by atoms with E-state index < -0.39 is 0 Å². The van der Waals surface area contributed by atoms with Crippen LogP contribution in [-0.2, 0) is 6.42 Å². The van der Waals surface area contributed by atoms with Gasteiger partial charge in [0.2, 0.25) is 0 Å². The van der Waals surface area contributed by atoms with Crippen molar-refractivity contribution < 1.29 is 4.79 Å². The van der Waals surface area contributed by atoms with Crippen molar-refractivity contribution in [2.75, 3.05) is 0 Å². The molecule has 0 aliphatic rings. The predicted molar refractivity (Wildman–Crippen MR) is 115 cm³/mol. The number of carbonyl (C=O) groups is 1. The third kappa shape index (κ3) is 4.08. The summed E-state index contributed by atoms with van der Waals surface area (Å²) >= 11 is 3.15. The molecule has 4 aromatic rings. The van der Waals surface area contributed by atoms with Crippen LogP contribution in [0.1, 0.15) is 28.0 Å². The molecule has 0 fully saturated rings. The number of thioether (sulfide) groups is 1. The summed E-state index contributed by atoms with van der Waals surface area (Å²) in [6.45, 7) is 1.92. The van der Waals surface area contributed by atoms with Gasteiger partial charge in [-0.25, -0.2) is 0 Å². The van der Waals surface area contributed by atoms with E-state index in [-0.39, 0.29) is 11.0 Å². The molecular formula is C22H19N3OS2. The molecule has 0 bridgehead atoms. The van der Waals surface area contributed by atoms with E-state index in [1.165, 1.54) is 16.6 Å². The van der Waals surface area contributed by atoms with Crippen LogP contribution < -0.4 is 0 Å². The lowest BCUT2D eigenvalue weighted by atomic mass is 10.1. The minimum absolute atomic E-state index is 0.0908. The smallest absolute Gasteiger partial charge is 0.196 e. The first-order valence-electron chi connectivity index (χ1n) is 9.00. The van der Waals surface area contributed by atoms with Gasteiger partial charge in [0.1, 0.15) is 5.82 Å². The maximum absolute atomic E-state index is 12.8. The lowest BCUT2D eigenvalue weighted by molar-refractivity contribution is 0.0994. The Bertz CT molecular complexity index is 1040. The molecule has 0 radical (unpaired) electrons. The number of thiophene rings is 1. The van der Waals surface area contributed by atoms with Gasteiger partial charge in [0.15, 0.2) is 10.9 Å². The molecule has 0 amide bonds. The highest BCUT2D eigenvalue weighted by atomic mass is 32.2. The van der Waals surface area contributed by atoms with Gasteiger partial charge >= 0.3 is 0 Å². The first-order chi connectivity index (χ1) is 13.7. The number of Topliss-reactive ketones (excluding diaryl/α,β-unsaturated/α-hetero) is 1. The molecule has 1 atom stereocenters. The van der Waals surface area contributed by atoms with Crippen molar-refractivity contribution in [2.24, 2.45) is 0 Å². The fraction of sp³-hybridized carbons (Fsp3) is 0.136. The van der Waals surface area contributed by atoms with Crippen molar-refractivity contribution in [1.29, 1.82) is 0 Å². The molecule has 1 unspecified atom stereocenters. The number of hydrogen-bond acceptors (Lipinski definition) is 5. The van der Waals surface area contributed by atoms with Crippen molar-refractivity contribution in [3.63, 3.8) is 0 Å². The summed E-state index contributed by atoms with van der Waals surface area (Å²) in [6.07, 6.45) is 0.709. The Morgan fingerprint density at radius 2 is 1.71 bits per heavy atom. The van der Waals surface area contributed by atoms with Gasteiger partial charge < -0.3 is 0 Å². The van der Waals surface area contributed by atoms with Crippen LogP contribution in [0, 0.1) is 0 Å². The number of hydrogen-bond donors (Lipinski definition) is 0. The van der Waals surface area contributed by atoms with E-state index >= 15 is 0 Å². The maximum atomic E-state index is 12.8. The van der Waals surface area contributed by atoms with Crippen molar-refractivity contribution in [3.05, 3.63) is 94.4 Å². The molecule has 0 aliphatic carbocycles. The topological polar surface area (TPSA) is 47.8 Å². The second-order valence-electron chi connectivity index (χ2n) is 6.32. The molecule has 0 N–H and O–H groups in total. The molecule has 0 aliphatic heterocycles. The summed E-state index contributed by atoms with van der Waals surface area (Å²) < 4.78 is 2.05. The van der Waals surface area contributed by atoms with Crippen LogP contribution in [0.3, 0.4) is 0 Å². The SMILES string of the molecule is CC(Sc1nnc(Cc2cccs2)n1-c1ccccc1)C(=O)c1ccccc1. The number of rotatable bonds is 7. The third-order valence-electron chi connectivity index (χ3n) is 4.34. The van der Waals surface area contributed by atoms with Crippen molar-refractivity contribution in [2.45, 2.75) is 23.8 Å². The Morgan fingerprint density at radius 3 is 2.39 bits per heavy atom. The first kappa shape index (κ1) is 18.7. The van der Waals surface area contributed by atoms with Gasteiger partial charge in [0.25, 0.3) is 0 Å². The normalized spacial score (nSPS) is 12.0. The number of benzene rings is 2. The van der Waals surface area contributed by atoms with E-state index in [1.807, 2.05) is 73.7 Å². The monoisotopic (exact) mass is 405 g/mol. The lowest BCUT2D eigenvalue weighted by Gasteiger charge is -2.13. The van der Waals surface area contributed by atoms with E-state index in [4.69, 9.17) is 0 Å². The average Bonchev–Trinajstić information content (AvgIpc) is 3.39. The fourth-order valence-electron chi connectivity index (χ4n) is 2.95. The van der Waals surface area contributed by atoms with E-state index in [1.54, 1.807) is 11.3 Å². The zero-order chi connectivity index (χ0) is 19.3. The number of carbonyl (C=O) groups excluding carboxylic acids is 1. The van der Waals surface area contributed by atoms with Gasteiger partial charge in [0.05, 0.1) is 5.25 Å². The Morgan fingerprint density at radius 1 is 1.00 bits per heavy atom. The van der Waals surface area contributed by atoms with Crippen molar-refractivity contribution in [3.8, 4) is 5.69 Å². The van der Waals surface area contributed by atoms with Crippen molar-refractivity contribution in [1.82, 2.24) is 14.8 Å². The molecule has 4 nitrogen and oxygen atoms in total. The molecule has 140 valence electrons. The number of para-hydroxylation sites is 1. The van der Waals surface area contributed by atoms with Crippen LogP contribution in [0.15, 0.2) is 83.3 Å². The van der Waals surface area contributed by atoms with Gasteiger partial charge in [-0.05, 0) is 30.5 Å². The van der Waals surface area contributed by atoms with E-state index in [0.29, 0.717) is 12.0 Å². The van der Waals surface area contributed by atoms with E-state index in [0.717, 1.165) is 16.7 Å². The molecule has 28 heavy (non-hydrogen) atoms. The second-order valence-corrected chi connectivity index (χ2v) is 8.66. The van der Waals surface area contributed by atoms with Crippen LogP contribution in [-0.4, -0.2) is 25.8 Å². The third-order valence-corrected chi connectivity index (χ3v) is 6.26. The quantitative estimate of drug-likeness (QED) is 0.310. The van der Waals surface area contributed by atoms with E-state index in [2.05, 4.69) is 26.2 Å². The highest BCUT2D eigenvalue weighted by molar-refractivity contribution is 8.00. The number of ketones is 1. The summed E-state index contributed by atoms with van der Waals surface area (Å²) in [5, 5.41) is 11.4. The first-order valence-corrected chi connectivity index (χ1v) is 10.8. The Balaban J connectivity index is 1.65. The summed E-state index contributed by atoms with van der Waals surface area (Å²) in [4.78, 5) is 14.0. The lowest BCUT2D eigenvalue weighted by Crippen LogP contribution is -2.14. The van der Waals surface area contributed by atoms with Crippen LogP contribution in [0.25, 0.3) is 5.69 Å². The molecule has 0 saturated carbocycles. The Hall–Kier alpha value is -2.70. The van der Waals surface area contributed by atoms with Gasteiger partial charge in [-0.1, -0.05) is 66.4 Å².